The minimum Gasteiger partial charge on any atom is -0.466 e. The molecule has 0 heterocycles. The Bertz CT molecular complexity index is 690. The molecule has 1 rings (SSSR count). The van der Waals surface area contributed by atoms with Crippen molar-refractivity contribution in [2.45, 2.75) is 18.7 Å². The molecule has 0 amide bonds. The predicted octanol–water partition coefficient (Wildman–Crippen LogP) is 1.45. The summed E-state index contributed by atoms with van der Waals surface area (Å²) >= 11 is 0. The highest BCUT2D eigenvalue weighted by atomic mass is 32.2. The molecule has 0 aliphatic carbocycles. The normalized spacial score (nSPS) is 11.7. The lowest BCUT2D eigenvalue weighted by Crippen LogP contribution is -2.30. The van der Waals surface area contributed by atoms with Gasteiger partial charge in [-0.05, 0) is 23.8 Å². The van der Waals surface area contributed by atoms with Crippen LogP contribution in [-0.2, 0) is 29.1 Å². The molecule has 0 saturated heterocycles. The third kappa shape index (κ3) is 5.47. The second-order valence-electron chi connectivity index (χ2n) is 4.68. The molecule has 1 aromatic rings. The molecule has 0 saturated carbocycles. The van der Waals surface area contributed by atoms with Gasteiger partial charge in [0.25, 0.3) is 0 Å². The second-order valence-corrected chi connectivity index (χ2v) is 6.61. The zero-order chi connectivity index (χ0) is 18.2. The Balaban J connectivity index is 2.76. The molecule has 0 bridgehead atoms. The first kappa shape index (κ1) is 19.9. The van der Waals surface area contributed by atoms with Crippen LogP contribution in [0.5, 0.6) is 0 Å². The summed E-state index contributed by atoms with van der Waals surface area (Å²) in [6.07, 6.45) is 2.62. The maximum Gasteiger partial charge on any atom is 0.344 e. The SMILES string of the molecule is CCN(CC)S(=O)(=O)c1ccc(/C=C/C(=O)OCC(=O)OC)cc1. The van der Waals surface area contributed by atoms with Gasteiger partial charge in [0.1, 0.15) is 0 Å². The zero-order valence-electron chi connectivity index (χ0n) is 13.9. The van der Waals surface area contributed by atoms with E-state index in [4.69, 9.17) is 0 Å². The molecule has 0 aliphatic heterocycles. The number of ether oxygens (including phenoxy) is 2. The Hall–Kier alpha value is -2.19. The molecule has 8 heteroatoms. The van der Waals surface area contributed by atoms with Gasteiger partial charge in [0.05, 0.1) is 12.0 Å². The summed E-state index contributed by atoms with van der Waals surface area (Å²) in [6, 6.07) is 6.13. The minimum absolute atomic E-state index is 0.191. The summed E-state index contributed by atoms with van der Waals surface area (Å²) in [5.74, 6) is -1.34. The second kappa shape index (κ2) is 9.19. The molecule has 0 atom stereocenters. The standard InChI is InChI=1S/C16H21NO6S/c1-4-17(5-2)24(20,21)14-9-6-13(7-10-14)8-11-15(18)23-12-16(19)22-3/h6-11H,4-5,12H2,1-3H3/b11-8+. The summed E-state index contributed by atoms with van der Waals surface area (Å²) in [6.45, 7) is 3.88. The maximum atomic E-state index is 12.3. The maximum absolute atomic E-state index is 12.3. The third-order valence-corrected chi connectivity index (χ3v) is 5.26. The van der Waals surface area contributed by atoms with E-state index in [0.717, 1.165) is 6.08 Å². The number of benzene rings is 1. The van der Waals surface area contributed by atoms with Crippen LogP contribution in [0, 0.1) is 0 Å². The summed E-state index contributed by atoms with van der Waals surface area (Å²) in [5.41, 5.74) is 0.628. The van der Waals surface area contributed by atoms with E-state index in [0.29, 0.717) is 18.7 Å². The van der Waals surface area contributed by atoms with Crippen LogP contribution in [0.15, 0.2) is 35.2 Å². The number of hydrogen-bond acceptors (Lipinski definition) is 6. The van der Waals surface area contributed by atoms with Crippen LogP contribution in [0.4, 0.5) is 0 Å². The largest absolute Gasteiger partial charge is 0.466 e. The predicted molar refractivity (Wildman–Crippen MR) is 88.6 cm³/mol. The van der Waals surface area contributed by atoms with Crippen LogP contribution in [-0.4, -0.2) is 51.5 Å². The quantitative estimate of drug-likeness (QED) is 0.518. The van der Waals surface area contributed by atoms with Crippen molar-refractivity contribution in [3.63, 3.8) is 0 Å². The van der Waals surface area contributed by atoms with Crippen molar-refractivity contribution >= 4 is 28.0 Å². The summed E-state index contributed by atoms with van der Waals surface area (Å²) < 4.78 is 35.0. The van der Waals surface area contributed by atoms with Crippen LogP contribution in [0.1, 0.15) is 19.4 Å². The smallest absolute Gasteiger partial charge is 0.344 e. The highest BCUT2D eigenvalue weighted by Crippen LogP contribution is 2.16. The molecule has 0 unspecified atom stereocenters. The average molecular weight is 355 g/mol. The first-order valence-electron chi connectivity index (χ1n) is 7.37. The number of carbonyl (C=O) groups excluding carboxylic acids is 2. The Labute approximate surface area is 141 Å². The molecule has 132 valence electrons. The van der Waals surface area contributed by atoms with Crippen molar-refractivity contribution < 1.29 is 27.5 Å². The van der Waals surface area contributed by atoms with Gasteiger partial charge in [0.2, 0.25) is 10.0 Å². The van der Waals surface area contributed by atoms with E-state index < -0.39 is 28.6 Å². The number of nitrogens with zero attached hydrogens (tertiary/aromatic N) is 1. The van der Waals surface area contributed by atoms with Gasteiger partial charge in [-0.3, -0.25) is 0 Å². The van der Waals surface area contributed by atoms with E-state index in [-0.39, 0.29) is 4.90 Å². The lowest BCUT2D eigenvalue weighted by atomic mass is 10.2. The van der Waals surface area contributed by atoms with E-state index in [9.17, 15) is 18.0 Å². The number of rotatable bonds is 8. The number of carbonyl (C=O) groups is 2. The zero-order valence-corrected chi connectivity index (χ0v) is 14.7. The topological polar surface area (TPSA) is 90.0 Å². The van der Waals surface area contributed by atoms with Gasteiger partial charge < -0.3 is 9.47 Å². The van der Waals surface area contributed by atoms with Gasteiger partial charge in [-0.2, -0.15) is 4.31 Å². The fourth-order valence-electron chi connectivity index (χ4n) is 1.86. The molecule has 7 nitrogen and oxygen atoms in total. The van der Waals surface area contributed by atoms with Crippen LogP contribution < -0.4 is 0 Å². The van der Waals surface area contributed by atoms with Gasteiger partial charge in [0.15, 0.2) is 6.61 Å². The molecule has 24 heavy (non-hydrogen) atoms. The first-order valence-corrected chi connectivity index (χ1v) is 8.81. The Kier molecular flexibility index (Phi) is 7.60. The van der Waals surface area contributed by atoms with Crippen molar-refractivity contribution in [2.75, 3.05) is 26.8 Å². The van der Waals surface area contributed by atoms with Crippen LogP contribution >= 0.6 is 0 Å². The van der Waals surface area contributed by atoms with Gasteiger partial charge >= 0.3 is 11.9 Å². The molecule has 0 aliphatic rings. The van der Waals surface area contributed by atoms with E-state index >= 15 is 0 Å². The van der Waals surface area contributed by atoms with Crippen molar-refractivity contribution in [3.05, 3.63) is 35.9 Å². The molecular weight excluding hydrogens is 334 g/mol. The van der Waals surface area contributed by atoms with Crippen molar-refractivity contribution in [1.82, 2.24) is 4.31 Å². The summed E-state index contributed by atoms with van der Waals surface area (Å²) in [5, 5.41) is 0. The Morgan fingerprint density at radius 1 is 1.12 bits per heavy atom. The van der Waals surface area contributed by atoms with Crippen molar-refractivity contribution in [3.8, 4) is 0 Å². The highest BCUT2D eigenvalue weighted by molar-refractivity contribution is 7.89. The van der Waals surface area contributed by atoms with Crippen LogP contribution in [0.25, 0.3) is 6.08 Å². The molecule has 0 radical (unpaired) electrons. The van der Waals surface area contributed by atoms with E-state index in [1.165, 1.54) is 29.6 Å². The number of sulfonamides is 1. The third-order valence-electron chi connectivity index (χ3n) is 3.20. The van der Waals surface area contributed by atoms with Crippen LogP contribution in [0.3, 0.4) is 0 Å². The van der Waals surface area contributed by atoms with Gasteiger partial charge in [0, 0.05) is 19.2 Å². The van der Waals surface area contributed by atoms with Gasteiger partial charge in [-0.15, -0.1) is 0 Å². The van der Waals surface area contributed by atoms with Crippen molar-refractivity contribution in [1.29, 1.82) is 0 Å². The molecule has 0 N–H and O–H groups in total. The van der Waals surface area contributed by atoms with E-state index in [1.807, 2.05) is 0 Å². The first-order chi connectivity index (χ1) is 11.3. The Morgan fingerprint density at radius 2 is 1.71 bits per heavy atom. The fourth-order valence-corrected chi connectivity index (χ4v) is 3.32. The van der Waals surface area contributed by atoms with Crippen LogP contribution in [0.2, 0.25) is 0 Å². The number of hydrogen-bond donors (Lipinski definition) is 0. The van der Waals surface area contributed by atoms with E-state index in [2.05, 4.69) is 9.47 Å². The van der Waals surface area contributed by atoms with E-state index in [1.54, 1.807) is 26.0 Å². The molecule has 0 aromatic heterocycles. The minimum atomic E-state index is -3.50. The lowest BCUT2D eigenvalue weighted by molar-refractivity contribution is -0.154. The average Bonchev–Trinajstić information content (AvgIpc) is 2.58. The molecule has 1 aromatic carbocycles. The number of esters is 2. The molecular formula is C16H21NO6S. The summed E-state index contributed by atoms with van der Waals surface area (Å²) in [4.78, 5) is 22.4. The van der Waals surface area contributed by atoms with Gasteiger partial charge in [-0.1, -0.05) is 26.0 Å². The summed E-state index contributed by atoms with van der Waals surface area (Å²) in [7, 11) is -2.31. The van der Waals surface area contributed by atoms with Crippen molar-refractivity contribution in [2.24, 2.45) is 0 Å². The monoisotopic (exact) mass is 355 g/mol. The van der Waals surface area contributed by atoms with Gasteiger partial charge in [-0.25, -0.2) is 18.0 Å². The highest BCUT2D eigenvalue weighted by Gasteiger charge is 2.20. The fraction of sp³-hybridized carbons (Fsp3) is 0.375. The molecule has 0 spiro atoms. The Morgan fingerprint density at radius 3 is 2.21 bits per heavy atom. The molecule has 0 fully saturated rings. The lowest BCUT2D eigenvalue weighted by Gasteiger charge is -2.18. The number of methoxy groups -OCH3 is 1.